The van der Waals surface area contributed by atoms with E-state index in [0.717, 1.165) is 16.9 Å². The largest absolute Gasteiger partial charge is 0.375 e. The Labute approximate surface area is 160 Å². The first-order valence-corrected chi connectivity index (χ1v) is 8.16. The number of halogens is 2. The van der Waals surface area contributed by atoms with E-state index >= 15 is 0 Å². The second-order valence-electron chi connectivity index (χ2n) is 6.21. The van der Waals surface area contributed by atoms with Gasteiger partial charge in [0.25, 0.3) is 0 Å². The van der Waals surface area contributed by atoms with Gasteiger partial charge in [-0.25, -0.2) is 4.98 Å². The van der Waals surface area contributed by atoms with E-state index in [-0.39, 0.29) is 48.9 Å². The van der Waals surface area contributed by atoms with Crippen LogP contribution in [-0.2, 0) is 16.1 Å². The van der Waals surface area contributed by atoms with Gasteiger partial charge in [-0.1, -0.05) is 12.1 Å². The van der Waals surface area contributed by atoms with E-state index < -0.39 is 0 Å². The first-order valence-electron chi connectivity index (χ1n) is 8.16. The third-order valence-corrected chi connectivity index (χ3v) is 4.20. The number of imidazole rings is 1. The van der Waals surface area contributed by atoms with E-state index in [2.05, 4.69) is 40.1 Å². The molecule has 25 heavy (non-hydrogen) atoms. The van der Waals surface area contributed by atoms with Crippen molar-refractivity contribution in [2.45, 2.75) is 45.5 Å². The van der Waals surface area contributed by atoms with Crippen LogP contribution in [0.3, 0.4) is 0 Å². The lowest BCUT2D eigenvalue weighted by molar-refractivity contribution is -0.129. The first kappa shape index (κ1) is 21.7. The van der Waals surface area contributed by atoms with Crippen molar-refractivity contribution in [3.8, 4) is 0 Å². The minimum Gasteiger partial charge on any atom is -0.375 e. The number of benzene rings is 1. The summed E-state index contributed by atoms with van der Waals surface area (Å²) in [6, 6.07) is 8.03. The lowest BCUT2D eigenvalue weighted by Gasteiger charge is -2.29. The van der Waals surface area contributed by atoms with E-state index in [1.165, 1.54) is 0 Å². The number of rotatable bonds is 4. The quantitative estimate of drug-likeness (QED) is 0.843. The molecule has 0 saturated carbocycles. The molecule has 1 aromatic heterocycles. The molecule has 0 unspecified atom stereocenters. The van der Waals surface area contributed by atoms with Gasteiger partial charge in [0.2, 0.25) is 5.91 Å². The van der Waals surface area contributed by atoms with Gasteiger partial charge in [0.1, 0.15) is 11.9 Å². The standard InChI is InChI=1S/C17H24N4O2.2ClH/c1-11(2)21-14-7-5-4-6-13(14)20-15(21)10-19-17(22)16-12(3)23-9-8-18-16;;/h4-7,11-12,16,18H,8-10H2,1-3H3,(H,19,22);2*1H/t12-,16+;;/m1../s1. The predicted octanol–water partition coefficient (Wildman–Crippen LogP) is 2.45. The van der Waals surface area contributed by atoms with Crippen LogP contribution in [0, 0.1) is 0 Å². The molecule has 0 radical (unpaired) electrons. The Kier molecular flexibility index (Phi) is 8.15. The van der Waals surface area contributed by atoms with Gasteiger partial charge in [-0.05, 0) is 32.9 Å². The maximum absolute atomic E-state index is 12.4. The number of ether oxygens (including phenoxy) is 1. The lowest BCUT2D eigenvalue weighted by atomic mass is 10.1. The van der Waals surface area contributed by atoms with Crippen LogP contribution in [0.1, 0.15) is 32.6 Å². The average molecular weight is 389 g/mol. The number of fused-ring (bicyclic) bond motifs is 1. The third kappa shape index (κ3) is 4.64. The zero-order chi connectivity index (χ0) is 16.4. The summed E-state index contributed by atoms with van der Waals surface area (Å²) in [5.41, 5.74) is 2.05. The summed E-state index contributed by atoms with van der Waals surface area (Å²) in [5.74, 6) is 0.832. The summed E-state index contributed by atoms with van der Waals surface area (Å²) < 4.78 is 7.70. The van der Waals surface area contributed by atoms with Crippen LogP contribution >= 0.6 is 24.8 Å². The number of hydrogen-bond acceptors (Lipinski definition) is 4. The molecular weight excluding hydrogens is 363 g/mol. The second-order valence-corrected chi connectivity index (χ2v) is 6.21. The zero-order valence-electron chi connectivity index (χ0n) is 14.7. The molecule has 1 aromatic carbocycles. The third-order valence-electron chi connectivity index (χ3n) is 4.20. The molecule has 1 amide bonds. The Balaban J connectivity index is 0.00000156. The number of amides is 1. The highest BCUT2D eigenvalue weighted by Gasteiger charge is 2.28. The molecule has 8 heteroatoms. The highest BCUT2D eigenvalue weighted by molar-refractivity contribution is 5.85. The van der Waals surface area contributed by atoms with E-state index in [1.54, 1.807) is 0 Å². The molecule has 2 aromatic rings. The van der Waals surface area contributed by atoms with Gasteiger partial charge in [0, 0.05) is 12.6 Å². The molecule has 0 spiro atoms. The van der Waals surface area contributed by atoms with Crippen LogP contribution in [0.15, 0.2) is 24.3 Å². The molecule has 2 N–H and O–H groups in total. The van der Waals surface area contributed by atoms with Crippen LogP contribution in [0.5, 0.6) is 0 Å². The summed E-state index contributed by atoms with van der Waals surface area (Å²) in [4.78, 5) is 17.1. The summed E-state index contributed by atoms with van der Waals surface area (Å²) in [5, 5.41) is 6.20. The van der Waals surface area contributed by atoms with Crippen molar-refractivity contribution in [1.82, 2.24) is 20.2 Å². The SMILES string of the molecule is CC(C)n1c(CNC(=O)[C@H]2NCCO[C@@H]2C)nc2ccccc21.Cl.Cl. The second kappa shape index (κ2) is 9.38. The normalized spacial score (nSPS) is 20.0. The number of carbonyl (C=O) groups excluding carboxylic acids is 1. The van der Waals surface area contributed by atoms with Gasteiger partial charge in [-0.3, -0.25) is 4.79 Å². The molecule has 2 atom stereocenters. The highest BCUT2D eigenvalue weighted by atomic mass is 35.5. The molecule has 2 heterocycles. The Morgan fingerprint density at radius 2 is 2.12 bits per heavy atom. The van der Waals surface area contributed by atoms with Gasteiger partial charge in [-0.15, -0.1) is 24.8 Å². The van der Waals surface area contributed by atoms with Crippen molar-refractivity contribution < 1.29 is 9.53 Å². The molecule has 1 aliphatic heterocycles. The Bertz CT molecular complexity index is 705. The maximum Gasteiger partial charge on any atom is 0.240 e. The smallest absolute Gasteiger partial charge is 0.240 e. The average Bonchev–Trinajstić information content (AvgIpc) is 2.91. The molecule has 1 fully saturated rings. The minimum absolute atomic E-state index is 0. The van der Waals surface area contributed by atoms with Crippen LogP contribution in [-0.4, -0.2) is 40.8 Å². The summed E-state index contributed by atoms with van der Waals surface area (Å²) in [6.07, 6.45) is -0.118. The monoisotopic (exact) mass is 388 g/mol. The van der Waals surface area contributed by atoms with Crippen molar-refractivity contribution in [1.29, 1.82) is 0 Å². The fraction of sp³-hybridized carbons (Fsp3) is 0.529. The topological polar surface area (TPSA) is 68.2 Å². The van der Waals surface area contributed by atoms with E-state index in [9.17, 15) is 4.79 Å². The van der Waals surface area contributed by atoms with Crippen LogP contribution in [0.25, 0.3) is 11.0 Å². The van der Waals surface area contributed by atoms with Crippen LogP contribution in [0.2, 0.25) is 0 Å². The molecule has 3 rings (SSSR count). The maximum atomic E-state index is 12.4. The Morgan fingerprint density at radius 1 is 1.40 bits per heavy atom. The van der Waals surface area contributed by atoms with E-state index in [4.69, 9.17) is 4.74 Å². The molecular formula is C17H26Cl2N4O2. The molecule has 140 valence electrons. The summed E-state index contributed by atoms with van der Waals surface area (Å²) in [6.45, 7) is 7.92. The van der Waals surface area contributed by atoms with Gasteiger partial charge >= 0.3 is 0 Å². The van der Waals surface area contributed by atoms with E-state index in [1.807, 2.05) is 25.1 Å². The molecule has 6 nitrogen and oxygen atoms in total. The summed E-state index contributed by atoms with van der Waals surface area (Å²) >= 11 is 0. The number of para-hydroxylation sites is 2. The molecule has 0 aliphatic carbocycles. The lowest BCUT2D eigenvalue weighted by Crippen LogP contribution is -2.55. The number of carbonyl (C=O) groups is 1. The number of aromatic nitrogens is 2. The Morgan fingerprint density at radius 3 is 2.80 bits per heavy atom. The van der Waals surface area contributed by atoms with Gasteiger partial charge in [-0.2, -0.15) is 0 Å². The molecule has 0 bridgehead atoms. The van der Waals surface area contributed by atoms with Gasteiger partial charge in [0.15, 0.2) is 0 Å². The van der Waals surface area contributed by atoms with E-state index in [0.29, 0.717) is 19.7 Å². The number of nitrogens with one attached hydrogen (secondary N) is 2. The highest BCUT2D eigenvalue weighted by Crippen LogP contribution is 2.20. The minimum atomic E-state index is -0.305. The van der Waals surface area contributed by atoms with Crippen LogP contribution in [0.4, 0.5) is 0 Å². The van der Waals surface area contributed by atoms with Crippen molar-refractivity contribution in [3.05, 3.63) is 30.1 Å². The van der Waals surface area contributed by atoms with Crippen molar-refractivity contribution >= 4 is 41.8 Å². The predicted molar refractivity (Wildman–Crippen MR) is 104 cm³/mol. The fourth-order valence-electron chi connectivity index (χ4n) is 3.10. The summed E-state index contributed by atoms with van der Waals surface area (Å²) in [7, 11) is 0. The van der Waals surface area contributed by atoms with Crippen molar-refractivity contribution in [2.24, 2.45) is 0 Å². The fourth-order valence-corrected chi connectivity index (χ4v) is 3.10. The number of morpholine rings is 1. The molecule has 1 aliphatic rings. The zero-order valence-corrected chi connectivity index (χ0v) is 16.3. The number of hydrogen-bond donors (Lipinski definition) is 2. The molecule has 1 saturated heterocycles. The van der Waals surface area contributed by atoms with Gasteiger partial charge < -0.3 is 19.9 Å². The van der Waals surface area contributed by atoms with Crippen LogP contribution < -0.4 is 10.6 Å². The van der Waals surface area contributed by atoms with Crippen molar-refractivity contribution in [3.63, 3.8) is 0 Å². The Hall–Kier alpha value is -1.34. The van der Waals surface area contributed by atoms with Crippen molar-refractivity contribution in [2.75, 3.05) is 13.2 Å². The first-order chi connectivity index (χ1) is 11.1. The number of nitrogens with zero attached hydrogens (tertiary/aromatic N) is 2. The van der Waals surface area contributed by atoms with Gasteiger partial charge in [0.05, 0.1) is 30.3 Å².